The number of hydrogen-bond acceptors (Lipinski definition) is 5. The van der Waals surface area contributed by atoms with E-state index in [-0.39, 0.29) is 22.4 Å². The lowest BCUT2D eigenvalue weighted by Crippen LogP contribution is -2.09. The molecule has 5 nitrogen and oxygen atoms in total. The van der Waals surface area contributed by atoms with Gasteiger partial charge in [0.05, 0.1) is 14.2 Å². The van der Waals surface area contributed by atoms with Crippen LogP contribution in [0, 0.1) is 0 Å². The highest BCUT2D eigenvalue weighted by Crippen LogP contribution is 2.35. The van der Waals surface area contributed by atoms with Crippen LogP contribution in [-0.4, -0.2) is 28.9 Å². The molecule has 96 valence electrons. The van der Waals surface area contributed by atoms with Crippen molar-refractivity contribution in [1.29, 1.82) is 0 Å². The van der Waals surface area contributed by atoms with Crippen molar-refractivity contribution in [3.05, 3.63) is 17.7 Å². The zero-order valence-corrected chi connectivity index (χ0v) is 11.2. The Kier molecular flexibility index (Phi) is 4.00. The number of nitrogens with two attached hydrogens (primary N) is 1. The maximum Gasteiger partial charge on any atom is 0.182 e. The Hall–Kier alpha value is -1.27. The number of hydrogen-bond donors (Lipinski definition) is 1. The lowest BCUT2D eigenvalue weighted by atomic mass is 10.1. The minimum absolute atomic E-state index is 0.0481. The lowest BCUT2D eigenvalue weighted by Gasteiger charge is -2.15. The molecule has 0 fully saturated rings. The van der Waals surface area contributed by atoms with Gasteiger partial charge < -0.3 is 15.2 Å². The van der Waals surface area contributed by atoms with Gasteiger partial charge in [-0.1, -0.05) is 0 Å². The summed E-state index contributed by atoms with van der Waals surface area (Å²) in [6, 6.07) is 3.00. The topological polar surface area (TPSA) is 78.6 Å². The van der Waals surface area contributed by atoms with Crippen LogP contribution >= 0.6 is 0 Å². The number of methoxy groups -OCH3 is 2. The normalized spacial score (nSPS) is 13.2. The first-order valence-electron chi connectivity index (χ1n) is 5.02. The van der Waals surface area contributed by atoms with Gasteiger partial charge in [0.2, 0.25) is 0 Å². The van der Waals surface area contributed by atoms with Crippen LogP contribution in [0.15, 0.2) is 17.0 Å². The highest BCUT2D eigenvalue weighted by molar-refractivity contribution is 7.91. The van der Waals surface area contributed by atoms with Crippen molar-refractivity contribution in [2.45, 2.75) is 17.9 Å². The standard InChI is InChI=1S/C11H17NO4S/c1-7(12)8-5-9(15-2)11(17(4,13)14)10(6-8)16-3/h5-7H,12H2,1-4H3. The molecule has 1 atom stereocenters. The quantitative estimate of drug-likeness (QED) is 0.876. The van der Waals surface area contributed by atoms with E-state index in [9.17, 15) is 8.42 Å². The summed E-state index contributed by atoms with van der Waals surface area (Å²) in [4.78, 5) is 0.0481. The Balaban J connectivity index is 3.59. The van der Waals surface area contributed by atoms with Gasteiger partial charge in [0.25, 0.3) is 0 Å². The Morgan fingerprint density at radius 3 is 1.82 bits per heavy atom. The third-order valence-electron chi connectivity index (χ3n) is 2.38. The zero-order valence-electron chi connectivity index (χ0n) is 10.4. The summed E-state index contributed by atoms with van der Waals surface area (Å²) < 4.78 is 33.5. The molecule has 0 spiro atoms. The van der Waals surface area contributed by atoms with Crippen LogP contribution in [0.4, 0.5) is 0 Å². The van der Waals surface area contributed by atoms with Crippen LogP contribution in [0.3, 0.4) is 0 Å². The van der Waals surface area contributed by atoms with Crippen LogP contribution in [0.1, 0.15) is 18.5 Å². The fraction of sp³-hybridized carbons (Fsp3) is 0.455. The molecule has 0 saturated carbocycles. The smallest absolute Gasteiger partial charge is 0.182 e. The minimum atomic E-state index is -3.42. The summed E-state index contributed by atoms with van der Waals surface area (Å²) in [5.41, 5.74) is 6.52. The van der Waals surface area contributed by atoms with E-state index in [4.69, 9.17) is 15.2 Å². The molecule has 0 radical (unpaired) electrons. The van der Waals surface area contributed by atoms with E-state index < -0.39 is 9.84 Å². The fourth-order valence-electron chi connectivity index (χ4n) is 1.53. The number of benzene rings is 1. The minimum Gasteiger partial charge on any atom is -0.495 e. The van der Waals surface area contributed by atoms with Crippen molar-refractivity contribution in [3.8, 4) is 11.5 Å². The third kappa shape index (κ3) is 2.89. The molecule has 2 N–H and O–H groups in total. The largest absolute Gasteiger partial charge is 0.495 e. The van der Waals surface area contributed by atoms with E-state index in [2.05, 4.69) is 0 Å². The van der Waals surface area contributed by atoms with Crippen molar-refractivity contribution in [1.82, 2.24) is 0 Å². The average Bonchev–Trinajstić information content (AvgIpc) is 2.25. The van der Waals surface area contributed by atoms with Crippen molar-refractivity contribution in [3.63, 3.8) is 0 Å². The highest BCUT2D eigenvalue weighted by atomic mass is 32.2. The average molecular weight is 259 g/mol. The van der Waals surface area contributed by atoms with E-state index >= 15 is 0 Å². The molecule has 1 aromatic rings. The number of ether oxygens (including phenoxy) is 2. The highest BCUT2D eigenvalue weighted by Gasteiger charge is 2.22. The Labute approximate surface area is 101 Å². The molecule has 0 heterocycles. The van der Waals surface area contributed by atoms with Gasteiger partial charge in [0.15, 0.2) is 14.7 Å². The van der Waals surface area contributed by atoms with Crippen LogP contribution in [0.2, 0.25) is 0 Å². The molecule has 0 saturated heterocycles. The van der Waals surface area contributed by atoms with Crippen LogP contribution in [0.25, 0.3) is 0 Å². The maximum atomic E-state index is 11.7. The second-order valence-corrected chi connectivity index (χ2v) is 5.77. The van der Waals surface area contributed by atoms with Gasteiger partial charge in [0.1, 0.15) is 11.5 Å². The molecule has 1 aromatic carbocycles. The SMILES string of the molecule is COc1cc(C(C)N)cc(OC)c1S(C)(=O)=O. The second kappa shape index (κ2) is 4.93. The van der Waals surface area contributed by atoms with Gasteiger partial charge in [0, 0.05) is 12.3 Å². The monoisotopic (exact) mass is 259 g/mol. The Morgan fingerprint density at radius 2 is 1.59 bits per heavy atom. The molecule has 0 aromatic heterocycles. The number of sulfone groups is 1. The molecule has 1 unspecified atom stereocenters. The molecule has 1 rings (SSSR count). The van der Waals surface area contributed by atoms with Gasteiger partial charge in [-0.15, -0.1) is 0 Å². The molecule has 0 amide bonds. The molecule has 0 aliphatic rings. The molecule has 0 aliphatic carbocycles. The zero-order chi connectivity index (χ0) is 13.2. The van der Waals surface area contributed by atoms with E-state index in [1.807, 2.05) is 0 Å². The van der Waals surface area contributed by atoms with E-state index in [0.29, 0.717) is 0 Å². The summed E-state index contributed by atoms with van der Waals surface area (Å²) in [5, 5.41) is 0. The predicted molar refractivity (Wildman–Crippen MR) is 65.3 cm³/mol. The Morgan fingerprint density at radius 1 is 1.18 bits per heavy atom. The summed E-state index contributed by atoms with van der Waals surface area (Å²) in [5.74, 6) is 0.498. The first-order chi connectivity index (χ1) is 7.81. The number of rotatable bonds is 4. The summed E-state index contributed by atoms with van der Waals surface area (Å²) in [7, 11) is -0.599. The summed E-state index contributed by atoms with van der Waals surface area (Å²) in [6.07, 6.45) is 1.11. The first kappa shape index (κ1) is 13.8. The molecular formula is C11H17NO4S. The van der Waals surface area contributed by atoms with Crippen molar-refractivity contribution >= 4 is 9.84 Å². The van der Waals surface area contributed by atoms with Crippen molar-refractivity contribution in [2.75, 3.05) is 20.5 Å². The van der Waals surface area contributed by atoms with Gasteiger partial charge in [-0.25, -0.2) is 8.42 Å². The van der Waals surface area contributed by atoms with E-state index in [1.165, 1.54) is 14.2 Å². The molecule has 0 aliphatic heterocycles. The third-order valence-corrected chi connectivity index (χ3v) is 3.52. The Bertz CT molecular complexity index is 483. The van der Waals surface area contributed by atoms with E-state index in [1.54, 1.807) is 19.1 Å². The fourth-order valence-corrected chi connectivity index (χ4v) is 2.54. The molecular weight excluding hydrogens is 242 g/mol. The second-order valence-electron chi connectivity index (χ2n) is 3.82. The van der Waals surface area contributed by atoms with Crippen LogP contribution < -0.4 is 15.2 Å². The molecule has 0 bridgehead atoms. The molecule has 6 heteroatoms. The maximum absolute atomic E-state index is 11.7. The van der Waals surface area contributed by atoms with Gasteiger partial charge in [-0.2, -0.15) is 0 Å². The summed E-state index contributed by atoms with van der Waals surface area (Å²) >= 11 is 0. The van der Waals surface area contributed by atoms with Crippen LogP contribution in [0.5, 0.6) is 11.5 Å². The van der Waals surface area contributed by atoms with Gasteiger partial charge in [-0.05, 0) is 24.6 Å². The lowest BCUT2D eigenvalue weighted by molar-refractivity contribution is 0.372. The van der Waals surface area contributed by atoms with Gasteiger partial charge >= 0.3 is 0 Å². The molecule has 17 heavy (non-hydrogen) atoms. The summed E-state index contributed by atoms with van der Waals surface area (Å²) in [6.45, 7) is 1.80. The van der Waals surface area contributed by atoms with Crippen LogP contribution in [-0.2, 0) is 9.84 Å². The first-order valence-corrected chi connectivity index (χ1v) is 6.92. The van der Waals surface area contributed by atoms with E-state index in [0.717, 1.165) is 11.8 Å². The van der Waals surface area contributed by atoms with Crippen molar-refractivity contribution < 1.29 is 17.9 Å². The van der Waals surface area contributed by atoms with Gasteiger partial charge in [-0.3, -0.25) is 0 Å². The van der Waals surface area contributed by atoms with Crippen molar-refractivity contribution in [2.24, 2.45) is 5.73 Å². The predicted octanol–water partition coefficient (Wildman–Crippen LogP) is 1.13.